The first-order chi connectivity index (χ1) is 14.8. The summed E-state index contributed by atoms with van der Waals surface area (Å²) >= 11 is 0. The minimum absolute atomic E-state index is 0.268. The predicted molar refractivity (Wildman–Crippen MR) is 120 cm³/mol. The van der Waals surface area contributed by atoms with E-state index in [1.165, 1.54) is 23.6 Å². The van der Waals surface area contributed by atoms with E-state index in [-0.39, 0.29) is 18.8 Å². The number of hydrogen-bond donors (Lipinski definition) is 0. The Labute approximate surface area is 184 Å². The third kappa shape index (κ3) is 8.75. The zero-order chi connectivity index (χ0) is 22.7. The van der Waals surface area contributed by atoms with E-state index in [4.69, 9.17) is 5.26 Å². The summed E-state index contributed by atoms with van der Waals surface area (Å²) in [5.74, 6) is -0.819. The van der Waals surface area contributed by atoms with Crippen LogP contribution in [0.3, 0.4) is 0 Å². The molecule has 168 valence electrons. The van der Waals surface area contributed by atoms with Crippen molar-refractivity contribution in [2.24, 2.45) is 5.92 Å². The molecule has 0 bridgehead atoms. The Morgan fingerprint density at radius 1 is 0.935 bits per heavy atom. The molecule has 0 aliphatic heterocycles. The van der Waals surface area contributed by atoms with Gasteiger partial charge in [0.05, 0.1) is 12.0 Å². The lowest BCUT2D eigenvalue weighted by Crippen LogP contribution is -2.27. The van der Waals surface area contributed by atoms with Crippen LogP contribution >= 0.6 is 0 Å². The molecule has 0 aromatic heterocycles. The summed E-state index contributed by atoms with van der Waals surface area (Å²) in [6, 6.07) is 20.8. The van der Waals surface area contributed by atoms with Gasteiger partial charge in [0.25, 0.3) is 0 Å². The molecule has 0 spiro atoms. The maximum Gasteiger partial charge on any atom is 0.391 e. The van der Waals surface area contributed by atoms with Crippen molar-refractivity contribution >= 4 is 0 Å². The van der Waals surface area contributed by atoms with E-state index in [9.17, 15) is 13.2 Å². The number of aryl methyl sites for hydroxylation is 1. The normalized spacial score (nSPS) is 18.7. The van der Waals surface area contributed by atoms with Crippen LogP contribution in [0.1, 0.15) is 61.6 Å². The van der Waals surface area contributed by atoms with Crippen LogP contribution in [-0.2, 0) is 13.0 Å². The summed E-state index contributed by atoms with van der Waals surface area (Å²) in [7, 11) is 2.15. The number of hydrogen-bond acceptors (Lipinski definition) is 2. The first kappa shape index (κ1) is 24.9. The molecule has 3 rings (SSSR count). The highest BCUT2D eigenvalue weighted by Gasteiger charge is 2.41. The lowest BCUT2D eigenvalue weighted by Gasteiger charge is -2.30. The third-order valence-electron chi connectivity index (χ3n) is 5.94. The number of nitriles is 1. The standard InChI is InChI=1S/C24H30F3N.C2H3N/c1-28(18-20-6-3-2-4-7-20)17-5-8-19-9-11-21(12-10-19)22-13-15-23(16-14-22)24(25,26)27;1-2-3/h2-4,6-7,9-12,22-23H,5,8,13-18H2,1H3;1H3. The lowest BCUT2D eigenvalue weighted by molar-refractivity contribution is -0.182. The Morgan fingerprint density at radius 2 is 1.52 bits per heavy atom. The van der Waals surface area contributed by atoms with Gasteiger partial charge in [-0.25, -0.2) is 0 Å². The van der Waals surface area contributed by atoms with E-state index in [1.54, 1.807) is 6.07 Å². The second-order valence-corrected chi connectivity index (χ2v) is 8.38. The van der Waals surface area contributed by atoms with Crippen LogP contribution in [0.2, 0.25) is 0 Å². The molecule has 5 heteroatoms. The van der Waals surface area contributed by atoms with Crippen molar-refractivity contribution in [2.75, 3.05) is 13.6 Å². The van der Waals surface area contributed by atoms with Crippen molar-refractivity contribution < 1.29 is 13.2 Å². The van der Waals surface area contributed by atoms with E-state index in [1.807, 2.05) is 6.07 Å². The van der Waals surface area contributed by atoms with Gasteiger partial charge in [-0.05, 0) is 74.7 Å². The first-order valence-electron chi connectivity index (χ1n) is 11.0. The molecule has 0 amide bonds. The Kier molecular flexibility index (Phi) is 10.1. The van der Waals surface area contributed by atoms with Crippen LogP contribution < -0.4 is 0 Å². The van der Waals surface area contributed by atoms with Crippen LogP contribution in [0.5, 0.6) is 0 Å². The number of nitrogens with zero attached hydrogens (tertiary/aromatic N) is 2. The average molecular weight is 431 g/mol. The van der Waals surface area contributed by atoms with Crippen LogP contribution in [0.25, 0.3) is 0 Å². The molecule has 2 aromatic carbocycles. The number of halogens is 3. The van der Waals surface area contributed by atoms with Crippen molar-refractivity contribution in [3.05, 3.63) is 71.3 Å². The SMILES string of the molecule is CC#N.CN(CCCc1ccc(C2CCC(C(F)(F)F)CC2)cc1)Cc1ccccc1. The number of benzene rings is 2. The van der Waals surface area contributed by atoms with Crippen LogP contribution in [0.4, 0.5) is 13.2 Å². The molecule has 0 heterocycles. The molecule has 1 aliphatic rings. The molecule has 2 nitrogen and oxygen atoms in total. The fraction of sp³-hybridized carbons (Fsp3) is 0.500. The molecule has 0 atom stereocenters. The summed E-state index contributed by atoms with van der Waals surface area (Å²) in [4.78, 5) is 2.34. The Bertz CT molecular complexity index is 786. The minimum Gasteiger partial charge on any atom is -0.302 e. The highest BCUT2D eigenvalue weighted by molar-refractivity contribution is 5.26. The van der Waals surface area contributed by atoms with E-state index >= 15 is 0 Å². The summed E-state index contributed by atoms with van der Waals surface area (Å²) in [5, 5.41) is 7.32. The van der Waals surface area contributed by atoms with Gasteiger partial charge in [0.1, 0.15) is 0 Å². The molecule has 1 aliphatic carbocycles. The van der Waals surface area contributed by atoms with Gasteiger partial charge >= 0.3 is 6.18 Å². The van der Waals surface area contributed by atoms with Crippen molar-refractivity contribution in [3.63, 3.8) is 0 Å². The Morgan fingerprint density at radius 3 is 2.06 bits per heavy atom. The first-order valence-corrected chi connectivity index (χ1v) is 11.0. The van der Waals surface area contributed by atoms with Gasteiger partial charge in [-0.1, -0.05) is 54.6 Å². The van der Waals surface area contributed by atoms with E-state index in [2.05, 4.69) is 60.5 Å². The zero-order valence-corrected chi connectivity index (χ0v) is 18.5. The van der Waals surface area contributed by atoms with Gasteiger partial charge < -0.3 is 4.90 Å². The van der Waals surface area contributed by atoms with Gasteiger partial charge in [-0.2, -0.15) is 18.4 Å². The smallest absolute Gasteiger partial charge is 0.302 e. The van der Waals surface area contributed by atoms with Crippen LogP contribution in [0.15, 0.2) is 54.6 Å². The van der Waals surface area contributed by atoms with Gasteiger partial charge in [-0.15, -0.1) is 0 Å². The van der Waals surface area contributed by atoms with Crippen molar-refractivity contribution in [3.8, 4) is 6.07 Å². The molecule has 0 radical (unpaired) electrons. The van der Waals surface area contributed by atoms with E-state index in [0.29, 0.717) is 12.8 Å². The zero-order valence-electron chi connectivity index (χ0n) is 18.5. The average Bonchev–Trinajstić information content (AvgIpc) is 2.75. The summed E-state index contributed by atoms with van der Waals surface area (Å²) < 4.78 is 38.5. The maximum absolute atomic E-state index is 12.8. The molecule has 31 heavy (non-hydrogen) atoms. The number of rotatable bonds is 7. The molecule has 0 N–H and O–H groups in total. The molecule has 1 fully saturated rings. The lowest BCUT2D eigenvalue weighted by atomic mass is 9.78. The Hall–Kier alpha value is -2.32. The summed E-state index contributed by atoms with van der Waals surface area (Å²) in [5.41, 5.74) is 3.83. The highest BCUT2D eigenvalue weighted by atomic mass is 19.4. The fourth-order valence-electron chi connectivity index (χ4n) is 4.24. The largest absolute Gasteiger partial charge is 0.391 e. The second kappa shape index (κ2) is 12.5. The van der Waals surface area contributed by atoms with Crippen LogP contribution in [-0.4, -0.2) is 24.7 Å². The van der Waals surface area contributed by atoms with Gasteiger partial charge in [0.15, 0.2) is 0 Å². The molecule has 0 saturated heterocycles. The molecule has 2 aromatic rings. The van der Waals surface area contributed by atoms with Crippen molar-refractivity contribution in [1.29, 1.82) is 5.26 Å². The highest BCUT2D eigenvalue weighted by Crippen LogP contribution is 2.42. The quantitative estimate of drug-likeness (QED) is 0.468. The predicted octanol–water partition coefficient (Wildman–Crippen LogP) is 7.12. The van der Waals surface area contributed by atoms with Gasteiger partial charge in [-0.3, -0.25) is 0 Å². The monoisotopic (exact) mass is 430 g/mol. The molecule has 0 unspecified atom stereocenters. The molecular weight excluding hydrogens is 397 g/mol. The molecule has 1 saturated carbocycles. The van der Waals surface area contributed by atoms with E-state index < -0.39 is 12.1 Å². The Balaban J connectivity index is 0.00000107. The summed E-state index contributed by atoms with van der Waals surface area (Å²) in [6.45, 7) is 3.43. The number of alkyl halides is 3. The maximum atomic E-state index is 12.8. The van der Waals surface area contributed by atoms with Crippen LogP contribution in [0, 0.1) is 17.2 Å². The van der Waals surface area contributed by atoms with Crippen molar-refractivity contribution in [1.82, 2.24) is 4.90 Å². The minimum atomic E-state index is -4.03. The van der Waals surface area contributed by atoms with Crippen molar-refractivity contribution in [2.45, 2.75) is 64.1 Å². The van der Waals surface area contributed by atoms with E-state index in [0.717, 1.165) is 25.9 Å². The van der Waals surface area contributed by atoms with Gasteiger partial charge in [0, 0.05) is 13.5 Å². The molecular formula is C26H33F3N2. The second-order valence-electron chi connectivity index (χ2n) is 8.38. The summed E-state index contributed by atoms with van der Waals surface area (Å²) in [6.07, 6.45) is -0.0724. The topological polar surface area (TPSA) is 27.0 Å². The fourth-order valence-corrected chi connectivity index (χ4v) is 4.24. The third-order valence-corrected chi connectivity index (χ3v) is 5.94. The van der Waals surface area contributed by atoms with Gasteiger partial charge in [0.2, 0.25) is 0 Å².